The normalized spacial score (nSPS) is 11.0. The Bertz CT molecular complexity index is 1340. The smallest absolute Gasteiger partial charge is 0.336 e. The van der Waals surface area contributed by atoms with E-state index >= 15 is 0 Å². The molecule has 2 aromatic carbocycles. The second-order valence-corrected chi connectivity index (χ2v) is 6.94. The number of furan rings is 1. The second kappa shape index (κ2) is 8.08. The molecule has 0 amide bonds. The van der Waals surface area contributed by atoms with Crippen LogP contribution in [0.3, 0.4) is 0 Å². The molecule has 0 aliphatic rings. The molecule has 0 unspecified atom stereocenters. The summed E-state index contributed by atoms with van der Waals surface area (Å²) in [5.41, 5.74) is 1.99. The predicted molar refractivity (Wildman–Crippen MR) is 117 cm³/mol. The Labute approximate surface area is 178 Å². The van der Waals surface area contributed by atoms with Crippen molar-refractivity contribution in [1.29, 1.82) is 0 Å². The van der Waals surface area contributed by atoms with E-state index in [0.29, 0.717) is 34.1 Å². The van der Waals surface area contributed by atoms with Crippen molar-refractivity contribution in [2.24, 2.45) is 5.84 Å². The Morgan fingerprint density at radius 3 is 2.65 bits per heavy atom. The van der Waals surface area contributed by atoms with Gasteiger partial charge in [-0.25, -0.2) is 15.6 Å². The fraction of sp³-hybridized carbons (Fsp3) is 0.174. The van der Waals surface area contributed by atoms with E-state index < -0.39 is 5.63 Å². The van der Waals surface area contributed by atoms with E-state index in [4.69, 9.17) is 28.9 Å². The highest BCUT2D eigenvalue weighted by atomic mass is 16.5. The van der Waals surface area contributed by atoms with Crippen LogP contribution in [0.25, 0.3) is 21.9 Å². The van der Waals surface area contributed by atoms with Gasteiger partial charge in [0.15, 0.2) is 11.3 Å². The zero-order chi connectivity index (χ0) is 22.1. The highest BCUT2D eigenvalue weighted by molar-refractivity contribution is 5.85. The molecule has 8 nitrogen and oxygen atoms in total. The molecule has 4 rings (SSSR count). The number of hydrogen-bond acceptors (Lipinski definition) is 8. The third-order valence-electron chi connectivity index (χ3n) is 4.93. The van der Waals surface area contributed by atoms with Gasteiger partial charge in [-0.2, -0.15) is 0 Å². The Morgan fingerprint density at radius 2 is 1.90 bits per heavy atom. The van der Waals surface area contributed by atoms with Crippen molar-refractivity contribution in [3.05, 3.63) is 76.7 Å². The molecule has 31 heavy (non-hydrogen) atoms. The van der Waals surface area contributed by atoms with Crippen molar-refractivity contribution >= 4 is 27.6 Å². The lowest BCUT2D eigenvalue weighted by molar-refractivity contribution is 0.173. The molecule has 2 heterocycles. The molecular formula is C23H22N2O6. The number of methoxy groups -OCH3 is 2. The lowest BCUT2D eigenvalue weighted by Crippen LogP contribution is -2.30. The number of rotatable bonds is 7. The number of nitrogens with zero attached hydrogens (tertiary/aromatic N) is 1. The summed E-state index contributed by atoms with van der Waals surface area (Å²) in [6, 6.07) is 12.2. The summed E-state index contributed by atoms with van der Waals surface area (Å²) in [5.74, 6) is 8.13. The van der Waals surface area contributed by atoms with Crippen LogP contribution in [-0.2, 0) is 11.3 Å². The maximum Gasteiger partial charge on any atom is 0.336 e. The molecule has 0 radical (unpaired) electrons. The molecule has 160 valence electrons. The summed E-state index contributed by atoms with van der Waals surface area (Å²) in [4.78, 5) is 11.7. The second-order valence-electron chi connectivity index (χ2n) is 6.94. The van der Waals surface area contributed by atoms with Crippen molar-refractivity contribution < 1.29 is 23.0 Å². The molecule has 0 atom stereocenters. The molecule has 0 aliphatic carbocycles. The van der Waals surface area contributed by atoms with Gasteiger partial charge in [0.05, 0.1) is 19.9 Å². The lowest BCUT2D eigenvalue weighted by atomic mass is 10.1. The summed E-state index contributed by atoms with van der Waals surface area (Å²) in [6.07, 6.45) is 0. The molecule has 8 heteroatoms. The molecule has 4 aromatic rings. The van der Waals surface area contributed by atoms with E-state index in [9.17, 15) is 4.79 Å². The van der Waals surface area contributed by atoms with Crippen LogP contribution < -0.4 is 26.0 Å². The van der Waals surface area contributed by atoms with Crippen LogP contribution in [0.4, 0.5) is 5.69 Å². The van der Waals surface area contributed by atoms with E-state index in [1.54, 1.807) is 32.4 Å². The van der Waals surface area contributed by atoms with Crippen molar-refractivity contribution in [2.75, 3.05) is 19.2 Å². The summed E-state index contributed by atoms with van der Waals surface area (Å²) < 4.78 is 27.5. The first-order chi connectivity index (χ1) is 14.9. The highest BCUT2D eigenvalue weighted by Crippen LogP contribution is 2.34. The van der Waals surface area contributed by atoms with Crippen LogP contribution in [0, 0.1) is 6.92 Å². The highest BCUT2D eigenvalue weighted by Gasteiger charge is 2.14. The van der Waals surface area contributed by atoms with Gasteiger partial charge in [-0.05, 0) is 43.3 Å². The monoisotopic (exact) mass is 422 g/mol. The molecule has 0 saturated carbocycles. The lowest BCUT2D eigenvalue weighted by Gasteiger charge is -2.21. The van der Waals surface area contributed by atoms with Crippen LogP contribution in [0.15, 0.2) is 68.6 Å². The summed E-state index contributed by atoms with van der Waals surface area (Å²) in [5, 5.41) is 2.92. The van der Waals surface area contributed by atoms with Gasteiger partial charge in [0.2, 0.25) is 5.88 Å². The summed E-state index contributed by atoms with van der Waals surface area (Å²) in [6.45, 7) is 5.83. The average Bonchev–Trinajstić information content (AvgIpc) is 3.18. The van der Waals surface area contributed by atoms with Crippen LogP contribution in [0.2, 0.25) is 0 Å². The van der Waals surface area contributed by atoms with E-state index in [1.165, 1.54) is 11.1 Å². The van der Waals surface area contributed by atoms with Gasteiger partial charge in [0.25, 0.3) is 0 Å². The zero-order valence-electron chi connectivity index (χ0n) is 17.4. The number of nitrogens with two attached hydrogens (primary N) is 1. The molecule has 0 fully saturated rings. The van der Waals surface area contributed by atoms with E-state index in [2.05, 4.69) is 6.58 Å². The van der Waals surface area contributed by atoms with Gasteiger partial charge in [0, 0.05) is 29.0 Å². The first kappa shape index (κ1) is 20.4. The minimum atomic E-state index is -0.419. The molecular weight excluding hydrogens is 400 g/mol. The predicted octanol–water partition coefficient (Wildman–Crippen LogP) is 4.23. The van der Waals surface area contributed by atoms with Gasteiger partial charge >= 0.3 is 5.63 Å². The number of hydrogen-bond donors (Lipinski definition) is 1. The Balaban J connectivity index is 1.52. The van der Waals surface area contributed by atoms with Gasteiger partial charge in [-0.1, -0.05) is 0 Å². The van der Waals surface area contributed by atoms with Crippen molar-refractivity contribution in [1.82, 2.24) is 0 Å². The quantitative estimate of drug-likeness (QED) is 0.204. The van der Waals surface area contributed by atoms with Gasteiger partial charge in [-0.3, -0.25) is 0 Å². The molecule has 0 saturated heterocycles. The maximum atomic E-state index is 11.7. The van der Waals surface area contributed by atoms with Gasteiger partial charge < -0.3 is 23.0 Å². The third-order valence-corrected chi connectivity index (χ3v) is 4.93. The van der Waals surface area contributed by atoms with Crippen LogP contribution >= 0.6 is 0 Å². The number of fused-ring (bicyclic) bond motifs is 2. The molecule has 2 N–H and O–H groups in total. The minimum Gasteiger partial charge on any atom is -0.497 e. The van der Waals surface area contributed by atoms with Gasteiger partial charge in [-0.15, -0.1) is 0 Å². The molecule has 0 aliphatic heterocycles. The number of ether oxygens (including phenoxy) is 3. The van der Waals surface area contributed by atoms with Crippen LogP contribution in [-0.4, -0.2) is 14.2 Å². The molecule has 2 aromatic heterocycles. The number of anilines is 1. The minimum absolute atomic E-state index is 0.106. The number of benzene rings is 2. The van der Waals surface area contributed by atoms with Crippen molar-refractivity contribution in [3.8, 4) is 11.5 Å². The van der Waals surface area contributed by atoms with E-state index in [0.717, 1.165) is 16.3 Å². The summed E-state index contributed by atoms with van der Waals surface area (Å²) >= 11 is 0. The first-order valence-electron chi connectivity index (χ1n) is 9.45. The fourth-order valence-electron chi connectivity index (χ4n) is 3.32. The van der Waals surface area contributed by atoms with E-state index in [-0.39, 0.29) is 12.5 Å². The number of hydrazine groups is 1. The molecule has 0 spiro atoms. The maximum absolute atomic E-state index is 11.7. The summed E-state index contributed by atoms with van der Waals surface area (Å²) in [7, 11) is 3.15. The zero-order valence-corrected chi connectivity index (χ0v) is 17.4. The Morgan fingerprint density at radius 1 is 1.10 bits per heavy atom. The third kappa shape index (κ3) is 3.93. The average molecular weight is 422 g/mol. The van der Waals surface area contributed by atoms with Crippen molar-refractivity contribution in [3.63, 3.8) is 0 Å². The van der Waals surface area contributed by atoms with Crippen molar-refractivity contribution in [2.45, 2.75) is 13.5 Å². The number of aryl methyl sites for hydroxylation is 1. The topological polar surface area (TPSA) is 100 Å². The SMILES string of the molecule is C=C(OCc1cc2cc(OC)cc(OC)c2o1)N(N)c1ccc2c(C)cc(=O)oc2c1. The Kier molecular flexibility index (Phi) is 5.31. The van der Waals surface area contributed by atoms with Crippen LogP contribution in [0.1, 0.15) is 11.3 Å². The fourth-order valence-corrected chi connectivity index (χ4v) is 3.32. The standard InChI is InChI=1S/C23H22N2O6/c1-13-7-22(26)31-20-10-16(5-6-19(13)20)25(24)14(2)29-12-18-9-15-8-17(27-3)11-21(28-4)23(15)30-18/h5-11H,2,12,24H2,1,3-4H3. The first-order valence-corrected chi connectivity index (χ1v) is 9.45. The largest absolute Gasteiger partial charge is 0.497 e. The Hall–Kier alpha value is -3.91. The van der Waals surface area contributed by atoms with Gasteiger partial charge in [0.1, 0.15) is 23.7 Å². The van der Waals surface area contributed by atoms with E-state index in [1.807, 2.05) is 25.1 Å². The van der Waals surface area contributed by atoms with Crippen LogP contribution in [0.5, 0.6) is 11.5 Å². The molecule has 0 bridgehead atoms.